The van der Waals surface area contributed by atoms with Crippen LogP contribution in [0, 0.1) is 11.3 Å². The second-order valence-corrected chi connectivity index (χ2v) is 13.5. The molecule has 222 valence electrons. The molecule has 5 N–H and O–H groups in total. The van der Waals surface area contributed by atoms with Crippen LogP contribution in [0.5, 0.6) is 0 Å². The fourth-order valence-electron chi connectivity index (χ4n) is 7.47. The Morgan fingerprint density at radius 3 is 2.51 bits per heavy atom. The van der Waals surface area contributed by atoms with Gasteiger partial charge in [0.05, 0.1) is 17.0 Å². The highest BCUT2D eigenvalue weighted by Gasteiger charge is 2.36. The molecule has 43 heavy (non-hydrogen) atoms. The van der Waals surface area contributed by atoms with Crippen molar-refractivity contribution in [3.8, 4) is 10.4 Å². The number of hydrogen-bond acceptors (Lipinski definition) is 9. The van der Waals surface area contributed by atoms with Crippen LogP contribution in [-0.2, 0) is 0 Å². The Labute approximate surface area is 257 Å². The lowest BCUT2D eigenvalue weighted by molar-refractivity contribution is 0.0771. The van der Waals surface area contributed by atoms with E-state index in [-0.39, 0.29) is 0 Å². The average molecular weight is 593 g/mol. The van der Waals surface area contributed by atoms with E-state index >= 15 is 0 Å². The number of fused-ring (bicyclic) bond motifs is 2. The minimum atomic E-state index is 0.299. The molecule has 1 aliphatic carbocycles. The number of anilines is 2. The number of aromatic nitrogens is 2. The predicted octanol–water partition coefficient (Wildman–Crippen LogP) is 5.65. The molecule has 0 spiro atoms. The predicted molar refractivity (Wildman–Crippen MR) is 179 cm³/mol. The van der Waals surface area contributed by atoms with Crippen molar-refractivity contribution < 1.29 is 0 Å². The maximum absolute atomic E-state index is 8.16. The van der Waals surface area contributed by atoms with E-state index in [1.165, 1.54) is 68.2 Å². The lowest BCUT2D eigenvalue weighted by atomic mass is 9.74. The van der Waals surface area contributed by atoms with E-state index in [0.29, 0.717) is 41.5 Å². The smallest absolute Gasteiger partial charge is 0.136 e. The molecule has 2 fully saturated rings. The van der Waals surface area contributed by atoms with E-state index in [1.54, 1.807) is 17.7 Å². The van der Waals surface area contributed by atoms with Crippen LogP contribution in [0.4, 0.5) is 11.5 Å². The van der Waals surface area contributed by atoms with Gasteiger partial charge in [-0.2, -0.15) is 0 Å². The molecule has 2 aliphatic heterocycles. The van der Waals surface area contributed by atoms with Crippen LogP contribution in [0.1, 0.15) is 60.4 Å². The lowest BCUT2D eigenvalue weighted by Gasteiger charge is -2.42. The highest BCUT2D eigenvalue weighted by atomic mass is 32.1. The summed E-state index contributed by atoms with van der Waals surface area (Å²) in [4.78, 5) is 20.7. The van der Waals surface area contributed by atoms with Gasteiger partial charge in [-0.15, -0.1) is 11.3 Å². The van der Waals surface area contributed by atoms with E-state index in [1.807, 2.05) is 6.07 Å². The van der Waals surface area contributed by atoms with E-state index in [9.17, 15) is 0 Å². The van der Waals surface area contributed by atoms with Crippen molar-refractivity contribution in [2.75, 3.05) is 51.2 Å². The Bertz CT molecular complexity index is 1640. The summed E-state index contributed by atoms with van der Waals surface area (Å²) in [7, 11) is 2.23. The first-order valence-electron chi connectivity index (χ1n) is 15.5. The summed E-state index contributed by atoms with van der Waals surface area (Å²) in [6.07, 6.45) is 8.80. The average Bonchev–Trinajstić information content (AvgIpc) is 3.36. The maximum atomic E-state index is 8.16. The fourth-order valence-corrected chi connectivity index (χ4v) is 8.56. The molecule has 1 saturated carbocycles. The molecule has 7 rings (SSSR count). The van der Waals surface area contributed by atoms with Crippen LogP contribution in [0.25, 0.3) is 20.5 Å². The number of likely N-dealkylation sites (N-methyl/N-ethyl adjacent to an activating group) is 1. The minimum absolute atomic E-state index is 0.299. The molecule has 4 heterocycles. The fraction of sp³-hybridized carbons (Fsp3) is 0.412. The standard InChI is InChI=1S/C34H40N8S/c1-41-12-14-42(15-13-41)25-8-6-21(7-9-25)26-10-11-38-32(30-33(26)39-20-40-34(30)37)23-16-24(19-35)31(36)27(17-23)29-18-22-4-2-3-5-28(22)43-29/h2-5,16-21,25-26,35H,6-15,36H2,1H3,(H2,37,39,40)/t21?,25?,26-/m1/s1. The van der Waals surface area contributed by atoms with Gasteiger partial charge in [-0.1, -0.05) is 18.2 Å². The van der Waals surface area contributed by atoms with Gasteiger partial charge in [0, 0.05) is 82.9 Å². The van der Waals surface area contributed by atoms with Gasteiger partial charge < -0.3 is 21.8 Å². The molecule has 0 unspecified atom stereocenters. The maximum Gasteiger partial charge on any atom is 0.136 e. The number of hydrogen-bond donors (Lipinski definition) is 3. The second-order valence-electron chi connectivity index (χ2n) is 12.4. The van der Waals surface area contributed by atoms with Gasteiger partial charge in [0.15, 0.2) is 0 Å². The lowest BCUT2D eigenvalue weighted by Crippen LogP contribution is -2.50. The van der Waals surface area contributed by atoms with Crippen LogP contribution in [0.3, 0.4) is 0 Å². The third-order valence-corrected chi connectivity index (χ3v) is 11.0. The zero-order chi connectivity index (χ0) is 29.5. The minimum Gasteiger partial charge on any atom is -0.398 e. The monoisotopic (exact) mass is 592 g/mol. The third kappa shape index (κ3) is 5.34. The summed E-state index contributed by atoms with van der Waals surface area (Å²) in [6, 6.07) is 15.3. The van der Waals surface area contributed by atoms with Gasteiger partial charge in [-0.25, -0.2) is 9.97 Å². The molecule has 0 bridgehead atoms. The number of rotatable bonds is 5. The largest absolute Gasteiger partial charge is 0.398 e. The van der Waals surface area contributed by atoms with Gasteiger partial charge in [0.2, 0.25) is 0 Å². The molecule has 2 aromatic heterocycles. The molecule has 2 aromatic carbocycles. The van der Waals surface area contributed by atoms with Crippen molar-refractivity contribution in [3.05, 3.63) is 71.2 Å². The molecule has 0 amide bonds. The Kier molecular flexibility index (Phi) is 7.71. The van der Waals surface area contributed by atoms with Crippen LogP contribution < -0.4 is 11.5 Å². The van der Waals surface area contributed by atoms with E-state index < -0.39 is 0 Å². The SMILES string of the molecule is CN1CCN(C2CCC([C@H]3CCN=C(c4cc(C=N)c(N)c(-c5cc6ccccc6s5)c4)c4c(N)ncnc43)CC2)CC1. The summed E-state index contributed by atoms with van der Waals surface area (Å²) in [5.41, 5.74) is 19.1. The molecular weight excluding hydrogens is 552 g/mol. The highest BCUT2D eigenvalue weighted by molar-refractivity contribution is 7.22. The van der Waals surface area contributed by atoms with Crippen LogP contribution >= 0.6 is 11.3 Å². The number of nitrogens with zero attached hydrogens (tertiary/aromatic N) is 5. The molecule has 9 heteroatoms. The van der Waals surface area contributed by atoms with Crippen molar-refractivity contribution in [1.29, 1.82) is 5.41 Å². The molecule has 8 nitrogen and oxygen atoms in total. The normalized spacial score (nSPS) is 23.5. The first-order valence-corrected chi connectivity index (χ1v) is 16.3. The Balaban J connectivity index is 1.21. The van der Waals surface area contributed by atoms with Crippen LogP contribution in [-0.4, -0.2) is 77.5 Å². The molecule has 1 saturated heterocycles. The van der Waals surface area contributed by atoms with E-state index in [4.69, 9.17) is 26.9 Å². The Morgan fingerprint density at radius 1 is 0.953 bits per heavy atom. The third-order valence-electron chi connectivity index (χ3n) is 9.90. The van der Waals surface area contributed by atoms with Gasteiger partial charge in [0.1, 0.15) is 12.1 Å². The molecular formula is C34H40N8S. The van der Waals surface area contributed by atoms with Crippen LogP contribution in [0.2, 0.25) is 0 Å². The quantitative estimate of drug-likeness (QED) is 0.203. The number of nitrogens with two attached hydrogens (primary N) is 2. The number of aliphatic imine (C=N–C) groups is 1. The van der Waals surface area contributed by atoms with Crippen molar-refractivity contribution in [3.63, 3.8) is 0 Å². The number of piperazine rings is 1. The van der Waals surface area contributed by atoms with Crippen molar-refractivity contribution in [2.45, 2.75) is 44.1 Å². The summed E-state index contributed by atoms with van der Waals surface area (Å²) in [6.45, 7) is 5.41. The van der Waals surface area contributed by atoms with Crippen molar-refractivity contribution in [2.24, 2.45) is 10.9 Å². The number of thiophene rings is 1. The van der Waals surface area contributed by atoms with Crippen molar-refractivity contribution >= 4 is 44.9 Å². The first-order chi connectivity index (χ1) is 21.0. The first kappa shape index (κ1) is 28.1. The molecule has 4 aromatic rings. The number of nitrogens with one attached hydrogen (secondary N) is 1. The highest BCUT2D eigenvalue weighted by Crippen LogP contribution is 2.43. The number of nitrogen functional groups attached to an aromatic ring is 2. The number of benzene rings is 2. The summed E-state index contributed by atoms with van der Waals surface area (Å²) in [5.74, 6) is 1.33. The van der Waals surface area contributed by atoms with E-state index in [2.05, 4.69) is 58.2 Å². The zero-order valence-electron chi connectivity index (χ0n) is 24.8. The summed E-state index contributed by atoms with van der Waals surface area (Å²) < 4.78 is 1.21. The second kappa shape index (κ2) is 11.8. The summed E-state index contributed by atoms with van der Waals surface area (Å²) in [5, 5.41) is 9.35. The Hall–Kier alpha value is -3.66. The molecule has 0 radical (unpaired) electrons. The molecule has 1 atom stereocenters. The van der Waals surface area contributed by atoms with Crippen molar-refractivity contribution in [1.82, 2.24) is 19.8 Å². The molecule has 3 aliphatic rings. The van der Waals surface area contributed by atoms with Gasteiger partial charge in [-0.3, -0.25) is 9.89 Å². The zero-order valence-corrected chi connectivity index (χ0v) is 25.6. The summed E-state index contributed by atoms with van der Waals surface area (Å²) >= 11 is 1.71. The van der Waals surface area contributed by atoms with Gasteiger partial charge >= 0.3 is 0 Å². The van der Waals surface area contributed by atoms with Gasteiger partial charge in [-0.05, 0) is 74.7 Å². The van der Waals surface area contributed by atoms with E-state index in [0.717, 1.165) is 39.4 Å². The van der Waals surface area contributed by atoms with Crippen LogP contribution in [0.15, 0.2) is 53.8 Å². The van der Waals surface area contributed by atoms with Gasteiger partial charge in [0.25, 0.3) is 0 Å². The Morgan fingerprint density at radius 2 is 1.74 bits per heavy atom. The topological polar surface area (TPSA) is 121 Å².